The molecule has 2 aliphatic rings. The molecule has 156 valence electrons. The van der Waals surface area contributed by atoms with Crippen LogP contribution in [0.15, 0.2) is 30.5 Å². The van der Waals surface area contributed by atoms with Gasteiger partial charge in [0.25, 0.3) is 0 Å². The minimum absolute atomic E-state index is 0.237. The Morgan fingerprint density at radius 3 is 2.70 bits per heavy atom. The number of ether oxygens (including phenoxy) is 1. The van der Waals surface area contributed by atoms with Crippen LogP contribution in [0.25, 0.3) is 10.9 Å². The van der Waals surface area contributed by atoms with Crippen LogP contribution in [-0.2, 0) is 4.74 Å². The molecule has 5 rings (SSSR count). The molecular weight excluding hydrogens is 388 g/mol. The van der Waals surface area contributed by atoms with E-state index in [0.29, 0.717) is 17.9 Å². The third-order valence-electron chi connectivity index (χ3n) is 6.11. The molecule has 0 spiro atoms. The highest BCUT2D eigenvalue weighted by Crippen LogP contribution is 2.36. The van der Waals surface area contributed by atoms with E-state index >= 15 is 0 Å². The van der Waals surface area contributed by atoms with Gasteiger partial charge in [0.1, 0.15) is 0 Å². The quantitative estimate of drug-likeness (QED) is 0.696. The van der Waals surface area contributed by atoms with Gasteiger partial charge in [0, 0.05) is 10.9 Å². The van der Waals surface area contributed by atoms with Crippen LogP contribution in [0.3, 0.4) is 0 Å². The molecule has 3 unspecified atom stereocenters. The SMILES string of the molecule is Cc1nnc(NC(C)c2cccc(F)c2F)c2cc(N3C4CCC3COC4)cnc12. The van der Waals surface area contributed by atoms with Crippen molar-refractivity contribution in [2.75, 3.05) is 23.4 Å². The lowest BCUT2D eigenvalue weighted by Crippen LogP contribution is -2.45. The van der Waals surface area contributed by atoms with Gasteiger partial charge in [-0.15, -0.1) is 5.10 Å². The summed E-state index contributed by atoms with van der Waals surface area (Å²) in [5.41, 5.74) is 2.72. The van der Waals surface area contributed by atoms with Crippen LogP contribution in [0.5, 0.6) is 0 Å². The molecule has 4 heterocycles. The number of aromatic nitrogens is 3. The Kier molecular flexibility index (Phi) is 4.73. The lowest BCUT2D eigenvalue weighted by atomic mass is 10.1. The zero-order valence-corrected chi connectivity index (χ0v) is 16.9. The number of aryl methyl sites for hydroxylation is 1. The van der Waals surface area contributed by atoms with Crippen molar-refractivity contribution >= 4 is 22.4 Å². The van der Waals surface area contributed by atoms with Crippen LogP contribution >= 0.6 is 0 Å². The monoisotopic (exact) mass is 411 g/mol. The first-order valence-corrected chi connectivity index (χ1v) is 10.2. The third kappa shape index (κ3) is 3.15. The first-order valence-electron chi connectivity index (χ1n) is 10.2. The highest BCUT2D eigenvalue weighted by atomic mass is 19.2. The molecule has 0 amide bonds. The van der Waals surface area contributed by atoms with E-state index in [4.69, 9.17) is 4.74 Å². The van der Waals surface area contributed by atoms with Crippen LogP contribution in [0.1, 0.15) is 37.1 Å². The number of benzene rings is 1. The van der Waals surface area contributed by atoms with Gasteiger partial charge in [0.05, 0.1) is 54.4 Å². The molecule has 2 fully saturated rings. The fourth-order valence-electron chi connectivity index (χ4n) is 4.58. The predicted molar refractivity (Wildman–Crippen MR) is 111 cm³/mol. The fraction of sp³-hybridized carbons (Fsp3) is 0.409. The van der Waals surface area contributed by atoms with Gasteiger partial charge < -0.3 is 15.0 Å². The Hall–Kier alpha value is -2.87. The zero-order chi connectivity index (χ0) is 20.8. The summed E-state index contributed by atoms with van der Waals surface area (Å²) in [5.74, 6) is -1.22. The Labute approximate surface area is 173 Å². The average molecular weight is 411 g/mol. The minimum atomic E-state index is -0.868. The highest BCUT2D eigenvalue weighted by molar-refractivity contribution is 5.92. The zero-order valence-electron chi connectivity index (χ0n) is 16.9. The van der Waals surface area contributed by atoms with Gasteiger partial charge in [-0.3, -0.25) is 4.98 Å². The number of nitrogens with one attached hydrogen (secondary N) is 1. The summed E-state index contributed by atoms with van der Waals surface area (Å²) in [6, 6.07) is 6.46. The lowest BCUT2D eigenvalue weighted by Gasteiger charge is -2.36. The minimum Gasteiger partial charge on any atom is -0.377 e. The van der Waals surface area contributed by atoms with E-state index in [9.17, 15) is 8.78 Å². The number of halogens is 2. The average Bonchev–Trinajstić information content (AvgIpc) is 3.00. The van der Waals surface area contributed by atoms with Gasteiger partial charge in [-0.05, 0) is 38.8 Å². The largest absolute Gasteiger partial charge is 0.377 e. The molecule has 2 saturated heterocycles. The summed E-state index contributed by atoms with van der Waals surface area (Å²) in [7, 11) is 0. The third-order valence-corrected chi connectivity index (χ3v) is 6.11. The normalized spacial score (nSPS) is 21.8. The van der Waals surface area contributed by atoms with E-state index in [-0.39, 0.29) is 5.56 Å². The number of hydrogen-bond acceptors (Lipinski definition) is 6. The van der Waals surface area contributed by atoms with Crippen molar-refractivity contribution in [2.24, 2.45) is 0 Å². The Balaban J connectivity index is 1.53. The molecule has 0 aliphatic carbocycles. The molecule has 8 heteroatoms. The van der Waals surface area contributed by atoms with Crippen molar-refractivity contribution in [2.45, 2.75) is 44.8 Å². The molecule has 1 aromatic carbocycles. The van der Waals surface area contributed by atoms with Gasteiger partial charge in [-0.2, -0.15) is 5.10 Å². The number of fused-ring (bicyclic) bond motifs is 3. The van der Waals surface area contributed by atoms with Crippen LogP contribution in [0, 0.1) is 18.6 Å². The maximum Gasteiger partial charge on any atom is 0.164 e. The maximum atomic E-state index is 14.3. The van der Waals surface area contributed by atoms with E-state index in [1.807, 2.05) is 13.1 Å². The molecule has 2 aromatic heterocycles. The Morgan fingerprint density at radius 1 is 1.17 bits per heavy atom. The number of pyridine rings is 1. The first-order chi connectivity index (χ1) is 14.5. The van der Waals surface area contributed by atoms with Crippen molar-refractivity contribution in [1.82, 2.24) is 15.2 Å². The van der Waals surface area contributed by atoms with E-state index in [1.54, 1.807) is 13.0 Å². The van der Waals surface area contributed by atoms with Gasteiger partial charge in [-0.25, -0.2) is 8.78 Å². The summed E-state index contributed by atoms with van der Waals surface area (Å²) in [5, 5.41) is 12.5. The van der Waals surface area contributed by atoms with Gasteiger partial charge in [0.15, 0.2) is 17.5 Å². The molecule has 2 bridgehead atoms. The van der Waals surface area contributed by atoms with Crippen LogP contribution in [0.4, 0.5) is 20.3 Å². The Morgan fingerprint density at radius 2 is 1.93 bits per heavy atom. The standard InChI is InChI=1S/C22H23F2N5O/c1-12(17-4-3-5-19(23)20(17)24)26-22-18-8-16(9-25-21(18)13(2)27-28-22)29-14-6-7-15(29)11-30-10-14/h3-5,8-9,12,14-15H,6-7,10-11H2,1-2H3,(H,26,28). The number of anilines is 2. The first kappa shape index (κ1) is 19.1. The van der Waals surface area contributed by atoms with Crippen LogP contribution in [0.2, 0.25) is 0 Å². The number of hydrogen-bond donors (Lipinski definition) is 1. The second-order valence-electron chi connectivity index (χ2n) is 8.06. The summed E-state index contributed by atoms with van der Waals surface area (Å²) in [6.45, 7) is 5.08. The Bertz CT molecular complexity index is 1090. The predicted octanol–water partition coefficient (Wildman–Crippen LogP) is 4.15. The van der Waals surface area contributed by atoms with Crippen molar-refractivity contribution in [3.8, 4) is 0 Å². The van der Waals surface area contributed by atoms with Crippen molar-refractivity contribution in [3.63, 3.8) is 0 Å². The number of nitrogens with zero attached hydrogens (tertiary/aromatic N) is 4. The summed E-state index contributed by atoms with van der Waals surface area (Å²) >= 11 is 0. The molecule has 0 radical (unpaired) electrons. The number of rotatable bonds is 4. The molecular formula is C22H23F2N5O. The lowest BCUT2D eigenvalue weighted by molar-refractivity contribution is 0.0906. The molecule has 3 aromatic rings. The molecule has 1 N–H and O–H groups in total. The highest BCUT2D eigenvalue weighted by Gasteiger charge is 2.37. The fourth-order valence-corrected chi connectivity index (χ4v) is 4.58. The second kappa shape index (κ2) is 7.43. The summed E-state index contributed by atoms with van der Waals surface area (Å²) in [6.07, 6.45) is 4.10. The second-order valence-corrected chi connectivity index (χ2v) is 8.06. The molecule has 30 heavy (non-hydrogen) atoms. The molecule has 3 atom stereocenters. The van der Waals surface area contributed by atoms with Gasteiger partial charge >= 0.3 is 0 Å². The van der Waals surface area contributed by atoms with Gasteiger partial charge in [0.2, 0.25) is 0 Å². The summed E-state index contributed by atoms with van der Waals surface area (Å²) in [4.78, 5) is 7.06. The summed E-state index contributed by atoms with van der Waals surface area (Å²) < 4.78 is 33.6. The number of morpholine rings is 1. The molecule has 0 saturated carbocycles. The van der Waals surface area contributed by atoms with Crippen LogP contribution in [-0.4, -0.2) is 40.5 Å². The molecule has 6 nitrogen and oxygen atoms in total. The van der Waals surface area contributed by atoms with E-state index < -0.39 is 17.7 Å². The topological polar surface area (TPSA) is 63.2 Å². The maximum absolute atomic E-state index is 14.3. The molecule has 2 aliphatic heterocycles. The smallest absolute Gasteiger partial charge is 0.164 e. The van der Waals surface area contributed by atoms with Crippen LogP contribution < -0.4 is 10.2 Å². The van der Waals surface area contributed by atoms with E-state index in [0.717, 1.165) is 54.4 Å². The van der Waals surface area contributed by atoms with Gasteiger partial charge in [-0.1, -0.05) is 12.1 Å². The van der Waals surface area contributed by atoms with E-state index in [1.165, 1.54) is 6.07 Å². The van der Waals surface area contributed by atoms with Crippen molar-refractivity contribution in [3.05, 3.63) is 53.4 Å². The van der Waals surface area contributed by atoms with E-state index in [2.05, 4.69) is 31.5 Å². The van der Waals surface area contributed by atoms with Crippen molar-refractivity contribution < 1.29 is 13.5 Å². The van der Waals surface area contributed by atoms with Crippen molar-refractivity contribution in [1.29, 1.82) is 0 Å².